The quantitative estimate of drug-likeness (QED) is 0.586. The van der Waals surface area contributed by atoms with Crippen LogP contribution in [0.15, 0.2) is 36.4 Å². The lowest BCUT2D eigenvalue weighted by atomic mass is 9.68. The van der Waals surface area contributed by atoms with E-state index in [2.05, 4.69) is 91.8 Å². The second-order valence-electron chi connectivity index (χ2n) is 12.8. The molecule has 0 spiro atoms. The molecule has 0 bridgehead atoms. The van der Waals surface area contributed by atoms with Crippen molar-refractivity contribution in [3.8, 4) is 11.1 Å². The Morgan fingerprint density at radius 1 is 0.568 bits per heavy atom. The molecule has 3 aliphatic rings. The minimum Gasteiger partial charge on any atom is -0.399 e. The molecule has 2 aliphatic heterocycles. The Morgan fingerprint density at radius 2 is 0.892 bits per heavy atom. The molecule has 2 fully saturated rings. The van der Waals surface area contributed by atoms with Gasteiger partial charge < -0.3 is 28.8 Å². The van der Waals surface area contributed by atoms with Gasteiger partial charge in [-0.25, -0.2) is 0 Å². The Hall–Kier alpha value is -1.67. The average Bonchev–Trinajstić information content (AvgIpc) is 3.29. The van der Waals surface area contributed by atoms with Gasteiger partial charge in [-0.05, 0) is 101 Å². The predicted molar refractivity (Wildman–Crippen MR) is 147 cm³/mol. The molecule has 0 saturated carbocycles. The van der Waals surface area contributed by atoms with Gasteiger partial charge in [0.1, 0.15) is 0 Å². The van der Waals surface area contributed by atoms with Crippen LogP contribution < -0.4 is 10.9 Å². The molecule has 198 valence electrons. The molecule has 8 heteroatoms. The van der Waals surface area contributed by atoms with Gasteiger partial charge in [-0.15, -0.1) is 0 Å². The van der Waals surface area contributed by atoms with Crippen LogP contribution in [0.25, 0.3) is 11.1 Å². The van der Waals surface area contributed by atoms with Gasteiger partial charge in [-0.2, -0.15) is 0 Å². The van der Waals surface area contributed by atoms with Crippen molar-refractivity contribution >= 4 is 25.2 Å². The van der Waals surface area contributed by atoms with Gasteiger partial charge in [0.15, 0.2) is 0 Å². The average molecular weight is 506 g/mol. The molecule has 2 aromatic carbocycles. The van der Waals surface area contributed by atoms with Crippen molar-refractivity contribution < 1.29 is 28.8 Å². The molecular weight excluding hydrogens is 466 g/mol. The van der Waals surface area contributed by atoms with E-state index in [1.54, 1.807) is 0 Å². The zero-order valence-electron chi connectivity index (χ0n) is 23.5. The summed E-state index contributed by atoms with van der Waals surface area (Å²) in [5.74, 6) is 0. The Balaban J connectivity index is 1.60. The summed E-state index contributed by atoms with van der Waals surface area (Å²) in [6, 6.07) is 12.7. The van der Waals surface area contributed by atoms with E-state index in [9.17, 15) is 10.2 Å². The molecule has 2 heterocycles. The van der Waals surface area contributed by atoms with E-state index in [1.807, 2.05) is 0 Å². The van der Waals surface area contributed by atoms with Gasteiger partial charge in [-0.1, -0.05) is 36.4 Å². The highest BCUT2D eigenvalue weighted by Gasteiger charge is 2.54. The molecule has 0 aromatic heterocycles. The largest absolute Gasteiger partial charge is 0.494 e. The highest BCUT2D eigenvalue weighted by atomic mass is 16.7. The van der Waals surface area contributed by atoms with Crippen molar-refractivity contribution in [1.29, 1.82) is 0 Å². The van der Waals surface area contributed by atoms with Crippen LogP contribution >= 0.6 is 0 Å². The number of aliphatic hydroxyl groups excluding tert-OH is 2. The van der Waals surface area contributed by atoms with Crippen LogP contribution in [0.3, 0.4) is 0 Å². The lowest BCUT2D eigenvalue weighted by Gasteiger charge is -2.32. The maximum absolute atomic E-state index is 10.2. The monoisotopic (exact) mass is 506 g/mol. The van der Waals surface area contributed by atoms with Gasteiger partial charge >= 0.3 is 14.2 Å². The van der Waals surface area contributed by atoms with Crippen LogP contribution in [-0.4, -0.2) is 60.1 Å². The summed E-state index contributed by atoms with van der Waals surface area (Å²) in [5.41, 5.74) is 3.97. The van der Waals surface area contributed by atoms with Crippen LogP contribution in [0.1, 0.15) is 79.4 Å². The number of rotatable bonds is 6. The minimum atomic E-state index is -0.548. The fraction of sp³-hybridized carbons (Fsp3) is 0.586. The summed E-state index contributed by atoms with van der Waals surface area (Å²) in [6.07, 6.45) is 0.987. The number of aliphatic hydroxyl groups is 2. The molecule has 2 saturated heterocycles. The first kappa shape index (κ1) is 26.9. The summed E-state index contributed by atoms with van der Waals surface area (Å²) < 4.78 is 25.4. The molecule has 5 rings (SSSR count). The van der Waals surface area contributed by atoms with E-state index in [-0.39, 0.29) is 13.2 Å². The van der Waals surface area contributed by atoms with Crippen molar-refractivity contribution in [3.05, 3.63) is 47.5 Å². The first-order valence-electron chi connectivity index (χ1n) is 13.4. The van der Waals surface area contributed by atoms with Gasteiger partial charge in [0.25, 0.3) is 0 Å². The van der Waals surface area contributed by atoms with E-state index < -0.39 is 42.1 Å². The molecule has 2 N–H and O–H groups in total. The zero-order chi connectivity index (χ0) is 27.0. The zero-order valence-corrected chi connectivity index (χ0v) is 23.5. The standard InChI is InChI=1S/C29H40B2O6/c1-25(2)26(3,4)35-30(34-25)19-9-11-21-22-12-10-20(31-36-27(5,6)28(7,8)37-31)18-24(22)29(13-15-32,14-16-33)23(21)17-19/h9-12,17-18,32-33H,13-16H2,1-8H3. The van der Waals surface area contributed by atoms with E-state index >= 15 is 0 Å². The number of hydrogen-bond donors (Lipinski definition) is 2. The second kappa shape index (κ2) is 8.67. The number of hydrogen-bond acceptors (Lipinski definition) is 6. The van der Waals surface area contributed by atoms with Crippen molar-refractivity contribution in [2.24, 2.45) is 0 Å². The van der Waals surface area contributed by atoms with Gasteiger partial charge in [-0.3, -0.25) is 0 Å². The molecule has 0 radical (unpaired) electrons. The second-order valence-corrected chi connectivity index (χ2v) is 12.8. The van der Waals surface area contributed by atoms with E-state index in [4.69, 9.17) is 18.6 Å². The first-order valence-corrected chi connectivity index (χ1v) is 13.4. The summed E-state index contributed by atoms with van der Waals surface area (Å²) in [7, 11) is -0.972. The molecule has 0 atom stereocenters. The van der Waals surface area contributed by atoms with Gasteiger partial charge in [0.2, 0.25) is 0 Å². The Bertz CT molecular complexity index is 1080. The van der Waals surface area contributed by atoms with E-state index in [1.165, 1.54) is 0 Å². The SMILES string of the molecule is CC1(C)OB(c2ccc3c(c2)C(CCO)(CCO)c2cc(B4OC(C)(C)C(C)(C)O4)ccc2-3)OC1(C)C. The Morgan fingerprint density at radius 3 is 1.19 bits per heavy atom. The van der Waals surface area contributed by atoms with Crippen molar-refractivity contribution in [2.75, 3.05) is 13.2 Å². The normalized spacial score (nSPS) is 23.8. The lowest BCUT2D eigenvalue weighted by molar-refractivity contribution is 0.00578. The molecule has 0 amide bonds. The van der Waals surface area contributed by atoms with Crippen molar-refractivity contribution in [2.45, 2.75) is 96.1 Å². The van der Waals surface area contributed by atoms with Crippen LogP contribution in [0.4, 0.5) is 0 Å². The van der Waals surface area contributed by atoms with E-state index in [0.29, 0.717) is 12.8 Å². The van der Waals surface area contributed by atoms with Gasteiger partial charge in [0.05, 0.1) is 22.4 Å². The summed E-state index contributed by atoms with van der Waals surface area (Å²) in [6.45, 7) is 16.4. The fourth-order valence-corrected chi connectivity index (χ4v) is 5.83. The Labute approximate surface area is 222 Å². The summed E-state index contributed by atoms with van der Waals surface area (Å²) >= 11 is 0. The van der Waals surface area contributed by atoms with Crippen LogP contribution in [0.2, 0.25) is 0 Å². The third-order valence-corrected chi connectivity index (χ3v) is 9.54. The Kier molecular flexibility index (Phi) is 6.31. The molecular formula is C29H40B2O6. The molecule has 2 aromatic rings. The highest BCUT2D eigenvalue weighted by Crippen LogP contribution is 2.52. The number of fused-ring (bicyclic) bond motifs is 3. The van der Waals surface area contributed by atoms with Crippen LogP contribution in [0.5, 0.6) is 0 Å². The molecule has 1 aliphatic carbocycles. The van der Waals surface area contributed by atoms with Crippen molar-refractivity contribution in [3.63, 3.8) is 0 Å². The topological polar surface area (TPSA) is 77.4 Å². The highest BCUT2D eigenvalue weighted by molar-refractivity contribution is 6.62. The number of benzene rings is 2. The predicted octanol–water partition coefficient (Wildman–Crippen LogP) is 3.32. The molecule has 6 nitrogen and oxygen atoms in total. The maximum Gasteiger partial charge on any atom is 0.494 e. The van der Waals surface area contributed by atoms with Crippen LogP contribution in [-0.2, 0) is 24.0 Å². The first-order chi connectivity index (χ1) is 17.2. The third-order valence-electron chi connectivity index (χ3n) is 9.54. The smallest absolute Gasteiger partial charge is 0.399 e. The minimum absolute atomic E-state index is 0.000314. The summed E-state index contributed by atoms with van der Waals surface area (Å²) in [4.78, 5) is 0. The third kappa shape index (κ3) is 4.03. The molecule has 0 unspecified atom stereocenters. The fourth-order valence-electron chi connectivity index (χ4n) is 5.83. The maximum atomic E-state index is 10.2. The van der Waals surface area contributed by atoms with E-state index in [0.717, 1.165) is 33.2 Å². The van der Waals surface area contributed by atoms with Gasteiger partial charge in [0, 0.05) is 18.6 Å². The lowest BCUT2D eigenvalue weighted by Crippen LogP contribution is -2.41. The van der Waals surface area contributed by atoms with Crippen LogP contribution in [0, 0.1) is 0 Å². The summed E-state index contributed by atoms with van der Waals surface area (Å²) in [5, 5.41) is 20.5. The molecule has 37 heavy (non-hydrogen) atoms. The van der Waals surface area contributed by atoms with Crippen molar-refractivity contribution in [1.82, 2.24) is 0 Å².